The number of nitrogens with zero attached hydrogens (tertiary/aromatic N) is 1. The summed E-state index contributed by atoms with van der Waals surface area (Å²) in [6, 6.07) is -0.314. The molecule has 1 heterocycles. The summed E-state index contributed by atoms with van der Waals surface area (Å²) in [4.78, 5) is 26.0. The molecule has 0 spiro atoms. The standard InChI is InChI=1S/C8H10N2O3S/c1-4-6(14-3-9-4)5(2)10-7(11)8(12)13/h3,5H,1-2H3,(H,10,11)(H,12,13). The number of rotatable bonds is 2. The van der Waals surface area contributed by atoms with E-state index in [-0.39, 0.29) is 6.04 Å². The molecule has 0 bridgehead atoms. The topological polar surface area (TPSA) is 79.3 Å². The zero-order valence-electron chi connectivity index (χ0n) is 7.77. The summed E-state index contributed by atoms with van der Waals surface area (Å²) in [7, 11) is 0. The predicted molar refractivity (Wildman–Crippen MR) is 51.0 cm³/mol. The molecule has 0 aliphatic rings. The van der Waals surface area contributed by atoms with Gasteiger partial charge in [0.05, 0.1) is 17.2 Å². The lowest BCUT2D eigenvalue weighted by atomic mass is 10.2. The van der Waals surface area contributed by atoms with Crippen LogP contribution in [0.4, 0.5) is 0 Å². The third-order valence-electron chi connectivity index (χ3n) is 1.72. The summed E-state index contributed by atoms with van der Waals surface area (Å²) in [6.07, 6.45) is 0. The van der Waals surface area contributed by atoms with Crippen LogP contribution in [-0.4, -0.2) is 22.0 Å². The van der Waals surface area contributed by atoms with Gasteiger partial charge < -0.3 is 10.4 Å². The van der Waals surface area contributed by atoms with Crippen molar-refractivity contribution in [2.75, 3.05) is 0 Å². The van der Waals surface area contributed by atoms with Gasteiger partial charge in [0.25, 0.3) is 0 Å². The third kappa shape index (κ3) is 2.29. The second kappa shape index (κ2) is 4.19. The van der Waals surface area contributed by atoms with Crippen LogP contribution in [0.25, 0.3) is 0 Å². The van der Waals surface area contributed by atoms with E-state index >= 15 is 0 Å². The number of amides is 1. The number of aromatic nitrogens is 1. The van der Waals surface area contributed by atoms with Crippen molar-refractivity contribution in [1.82, 2.24) is 10.3 Å². The molecule has 2 N–H and O–H groups in total. The second-order valence-electron chi connectivity index (χ2n) is 2.80. The van der Waals surface area contributed by atoms with Crippen molar-refractivity contribution >= 4 is 23.2 Å². The Kier molecular flexibility index (Phi) is 3.19. The van der Waals surface area contributed by atoms with Gasteiger partial charge in [-0.05, 0) is 13.8 Å². The molecule has 1 amide bonds. The van der Waals surface area contributed by atoms with Crippen molar-refractivity contribution in [1.29, 1.82) is 0 Å². The molecule has 0 saturated carbocycles. The van der Waals surface area contributed by atoms with E-state index < -0.39 is 11.9 Å². The molecule has 14 heavy (non-hydrogen) atoms. The molecular weight excluding hydrogens is 204 g/mol. The van der Waals surface area contributed by atoms with Crippen molar-refractivity contribution in [3.05, 3.63) is 16.1 Å². The van der Waals surface area contributed by atoms with E-state index in [2.05, 4.69) is 10.3 Å². The highest BCUT2D eigenvalue weighted by molar-refractivity contribution is 7.09. The molecule has 1 aromatic heterocycles. The summed E-state index contributed by atoms with van der Waals surface area (Å²) in [6.45, 7) is 3.54. The molecule has 0 aliphatic carbocycles. The van der Waals surface area contributed by atoms with Gasteiger partial charge in [-0.15, -0.1) is 11.3 Å². The summed E-state index contributed by atoms with van der Waals surface area (Å²) < 4.78 is 0. The van der Waals surface area contributed by atoms with Gasteiger partial charge in [-0.2, -0.15) is 0 Å². The normalized spacial score (nSPS) is 12.1. The first-order valence-electron chi connectivity index (χ1n) is 3.96. The molecule has 0 fully saturated rings. The number of carbonyl (C=O) groups excluding carboxylic acids is 1. The van der Waals surface area contributed by atoms with Gasteiger partial charge in [0.2, 0.25) is 0 Å². The Hall–Kier alpha value is -1.43. The van der Waals surface area contributed by atoms with Crippen LogP contribution >= 0.6 is 11.3 Å². The molecule has 76 valence electrons. The smallest absolute Gasteiger partial charge is 0.394 e. The van der Waals surface area contributed by atoms with Gasteiger partial charge in [-0.3, -0.25) is 4.79 Å². The number of aliphatic carboxylic acids is 1. The minimum Gasteiger partial charge on any atom is -0.474 e. The molecule has 6 heteroatoms. The number of aryl methyl sites for hydroxylation is 1. The highest BCUT2D eigenvalue weighted by atomic mass is 32.1. The summed E-state index contributed by atoms with van der Waals surface area (Å²) >= 11 is 1.39. The molecule has 1 atom stereocenters. The zero-order chi connectivity index (χ0) is 10.7. The molecule has 1 unspecified atom stereocenters. The number of hydrogen-bond donors (Lipinski definition) is 2. The minimum atomic E-state index is -1.47. The highest BCUT2D eigenvalue weighted by Crippen LogP contribution is 2.20. The number of hydrogen-bond acceptors (Lipinski definition) is 4. The first-order valence-corrected chi connectivity index (χ1v) is 4.84. The Morgan fingerprint density at radius 3 is 2.71 bits per heavy atom. The molecule has 5 nitrogen and oxygen atoms in total. The van der Waals surface area contributed by atoms with Gasteiger partial charge in [0.15, 0.2) is 0 Å². The maximum Gasteiger partial charge on any atom is 0.394 e. The Labute approximate surface area is 84.8 Å². The molecule has 0 saturated heterocycles. The lowest BCUT2D eigenvalue weighted by Crippen LogP contribution is -2.32. The fourth-order valence-corrected chi connectivity index (χ4v) is 1.86. The van der Waals surface area contributed by atoms with E-state index in [0.29, 0.717) is 0 Å². The molecule has 0 aliphatic heterocycles. The lowest BCUT2D eigenvalue weighted by Gasteiger charge is -2.10. The van der Waals surface area contributed by atoms with Crippen LogP contribution < -0.4 is 5.32 Å². The van der Waals surface area contributed by atoms with E-state index in [1.54, 1.807) is 12.4 Å². The Morgan fingerprint density at radius 2 is 2.29 bits per heavy atom. The van der Waals surface area contributed by atoms with Gasteiger partial charge in [0, 0.05) is 4.88 Å². The van der Waals surface area contributed by atoms with Crippen LogP contribution in [0.3, 0.4) is 0 Å². The molecule has 1 aromatic rings. The fourth-order valence-electron chi connectivity index (χ4n) is 1.05. The number of thiazole rings is 1. The lowest BCUT2D eigenvalue weighted by molar-refractivity contribution is -0.150. The minimum absolute atomic E-state index is 0.314. The monoisotopic (exact) mass is 214 g/mol. The maximum absolute atomic E-state index is 10.8. The number of nitrogens with one attached hydrogen (secondary N) is 1. The maximum atomic E-state index is 10.8. The van der Waals surface area contributed by atoms with E-state index in [1.165, 1.54) is 11.3 Å². The van der Waals surface area contributed by atoms with Gasteiger partial charge >= 0.3 is 11.9 Å². The van der Waals surface area contributed by atoms with Crippen molar-refractivity contribution in [3.8, 4) is 0 Å². The summed E-state index contributed by atoms with van der Waals surface area (Å²) in [5, 5.41) is 10.7. The van der Waals surface area contributed by atoms with Crippen LogP contribution in [0.5, 0.6) is 0 Å². The van der Waals surface area contributed by atoms with Crippen molar-refractivity contribution in [2.45, 2.75) is 19.9 Å². The van der Waals surface area contributed by atoms with Gasteiger partial charge in [-0.25, -0.2) is 9.78 Å². The molecular formula is C8H10N2O3S. The van der Waals surface area contributed by atoms with Crippen molar-refractivity contribution in [2.24, 2.45) is 0 Å². The third-order valence-corrected chi connectivity index (χ3v) is 2.83. The van der Waals surface area contributed by atoms with Crippen LogP contribution in [0.2, 0.25) is 0 Å². The first-order chi connectivity index (χ1) is 6.52. The number of carbonyl (C=O) groups is 2. The second-order valence-corrected chi connectivity index (χ2v) is 3.69. The predicted octanol–water partition coefficient (Wildman–Crippen LogP) is 0.713. The molecule has 0 radical (unpaired) electrons. The van der Waals surface area contributed by atoms with E-state index in [9.17, 15) is 9.59 Å². The van der Waals surface area contributed by atoms with Crippen molar-refractivity contribution in [3.63, 3.8) is 0 Å². The average molecular weight is 214 g/mol. The van der Waals surface area contributed by atoms with Crippen LogP contribution in [-0.2, 0) is 9.59 Å². The SMILES string of the molecule is Cc1ncsc1C(C)NC(=O)C(=O)O. The van der Waals surface area contributed by atoms with Crippen LogP contribution in [0.1, 0.15) is 23.5 Å². The molecule has 0 aromatic carbocycles. The first kappa shape index (κ1) is 10.6. The zero-order valence-corrected chi connectivity index (χ0v) is 8.59. The van der Waals surface area contributed by atoms with Crippen LogP contribution in [0.15, 0.2) is 5.51 Å². The van der Waals surface area contributed by atoms with Crippen LogP contribution in [0, 0.1) is 6.92 Å². The number of carboxylic acids is 1. The fraction of sp³-hybridized carbons (Fsp3) is 0.375. The van der Waals surface area contributed by atoms with Gasteiger partial charge in [-0.1, -0.05) is 0 Å². The van der Waals surface area contributed by atoms with Crippen molar-refractivity contribution < 1.29 is 14.7 Å². The number of carboxylic acid groups (broad SMARTS) is 1. The largest absolute Gasteiger partial charge is 0.474 e. The summed E-state index contributed by atoms with van der Waals surface area (Å²) in [5.41, 5.74) is 2.47. The van der Waals surface area contributed by atoms with E-state index in [1.807, 2.05) is 6.92 Å². The van der Waals surface area contributed by atoms with Gasteiger partial charge in [0.1, 0.15) is 0 Å². The summed E-state index contributed by atoms with van der Waals surface area (Å²) in [5.74, 6) is -2.47. The Morgan fingerprint density at radius 1 is 1.64 bits per heavy atom. The highest BCUT2D eigenvalue weighted by Gasteiger charge is 2.17. The Bertz CT molecular complexity index is 361. The van der Waals surface area contributed by atoms with E-state index in [0.717, 1.165) is 10.6 Å². The average Bonchev–Trinajstić information content (AvgIpc) is 2.51. The quantitative estimate of drug-likeness (QED) is 0.711. The van der Waals surface area contributed by atoms with E-state index in [4.69, 9.17) is 5.11 Å². The molecule has 1 rings (SSSR count). The Balaban J connectivity index is 2.68.